The van der Waals surface area contributed by atoms with Crippen LogP contribution >= 0.6 is 0 Å². The zero-order valence-corrected chi connectivity index (χ0v) is 27.1. The van der Waals surface area contributed by atoms with Crippen LogP contribution < -0.4 is 35.2 Å². The Morgan fingerprint density at radius 2 is 0.833 bits per heavy atom. The van der Waals surface area contributed by atoms with Crippen molar-refractivity contribution in [2.75, 3.05) is 0 Å². The monoisotopic (exact) mass is 624 g/mol. The molecule has 0 radical (unpaired) electrons. The molecule has 4 aromatic rings. The molecule has 156 valence electrons. The van der Waals surface area contributed by atoms with Crippen LogP contribution in [0.3, 0.4) is 0 Å². The third-order valence-electron chi connectivity index (χ3n) is 4.98. The van der Waals surface area contributed by atoms with E-state index in [4.69, 9.17) is 0 Å². The summed E-state index contributed by atoms with van der Waals surface area (Å²) in [5.74, 6) is 0. The molecule has 0 fully saturated rings. The molecule has 0 nitrogen and oxygen atoms in total. The predicted octanol–water partition coefficient (Wildman–Crippen LogP) is 0.211. The summed E-state index contributed by atoms with van der Waals surface area (Å²) in [6, 6.07) is 26.4. The fourth-order valence-corrected chi connectivity index (χ4v) is 6.85. The van der Waals surface area contributed by atoms with Crippen molar-refractivity contribution in [2.24, 2.45) is 0 Å². The van der Waals surface area contributed by atoms with E-state index in [-0.39, 0.29) is 77.2 Å². The van der Waals surface area contributed by atoms with Crippen molar-refractivity contribution < 1.29 is 77.2 Å². The summed E-state index contributed by atoms with van der Waals surface area (Å²) in [5, 5.41) is 8.87. The minimum atomic E-state index is -1.15. The average Bonchev–Trinajstić information content (AvgIpc) is 3.19. The molecule has 0 unspecified atom stereocenters. The van der Waals surface area contributed by atoms with Crippen LogP contribution in [0.4, 0.5) is 0 Å². The number of benzene rings is 2. The van der Waals surface area contributed by atoms with Crippen LogP contribution in [-0.2, 0) is 52.4 Å². The van der Waals surface area contributed by atoms with Crippen molar-refractivity contribution in [3.63, 3.8) is 0 Å². The first kappa shape index (κ1) is 32.6. The first-order valence-electron chi connectivity index (χ1n) is 9.48. The topological polar surface area (TPSA) is 0 Å². The Balaban J connectivity index is 0. The summed E-state index contributed by atoms with van der Waals surface area (Å²) in [5.41, 5.74) is 0. The summed E-state index contributed by atoms with van der Waals surface area (Å²) in [7, 11) is -2.29. The number of rotatable bonds is 2. The second-order valence-corrected chi connectivity index (χ2v) is 19.2. The van der Waals surface area contributed by atoms with E-state index in [2.05, 4.69) is 112 Å². The summed E-state index contributed by atoms with van der Waals surface area (Å²) in [6.45, 7) is 14.4. The summed E-state index contributed by atoms with van der Waals surface area (Å²) in [4.78, 5) is 0. The minimum Gasteiger partial charge on any atom is -1.00 e. The van der Waals surface area contributed by atoms with Gasteiger partial charge >= 0.3 is 52.4 Å². The van der Waals surface area contributed by atoms with E-state index in [1.165, 1.54) is 21.5 Å². The van der Waals surface area contributed by atoms with Gasteiger partial charge in [-0.05, 0) is 0 Å². The van der Waals surface area contributed by atoms with Gasteiger partial charge in [0.2, 0.25) is 0 Å². The van der Waals surface area contributed by atoms with Crippen LogP contribution in [0, 0.1) is 0 Å². The van der Waals surface area contributed by atoms with Crippen LogP contribution in [0.1, 0.15) is 0 Å². The van der Waals surface area contributed by atoms with Crippen LogP contribution in [0.5, 0.6) is 0 Å². The molecule has 0 atom stereocenters. The van der Waals surface area contributed by atoms with E-state index in [1.54, 1.807) is 10.4 Å². The maximum atomic E-state index is 2.40. The van der Waals surface area contributed by atoms with Crippen LogP contribution in [0.25, 0.3) is 21.5 Å². The van der Waals surface area contributed by atoms with E-state index in [0.717, 1.165) is 0 Å². The van der Waals surface area contributed by atoms with E-state index < -0.39 is 16.1 Å². The fourth-order valence-electron chi connectivity index (χ4n) is 3.61. The molecule has 0 aromatic heterocycles. The predicted molar refractivity (Wildman–Crippen MR) is 125 cm³/mol. The molecule has 0 N–H and O–H groups in total. The standard InChI is InChI=1S/2C12H15Si.2ClH.2Zr/c2*1-13(2,3)12-9-8-10-6-4-5-7-11(10)12;;;;/h2*4-9H,1-3H3;2*1H;;/q2*-1;;;2*+2/p-2. The average molecular weight is 628 g/mol. The van der Waals surface area contributed by atoms with Crippen molar-refractivity contribution in [1.29, 1.82) is 0 Å². The normalized spacial score (nSPS) is 10.6. The molecule has 0 bridgehead atoms. The maximum Gasteiger partial charge on any atom is 2.00 e. The van der Waals surface area contributed by atoms with Gasteiger partial charge in [0, 0.05) is 16.1 Å². The maximum absolute atomic E-state index is 2.40. The third-order valence-corrected chi connectivity index (χ3v) is 9.08. The molecule has 0 heterocycles. The van der Waals surface area contributed by atoms with Gasteiger partial charge in [0.15, 0.2) is 0 Å². The van der Waals surface area contributed by atoms with Crippen molar-refractivity contribution in [2.45, 2.75) is 39.3 Å². The number of hydrogen-bond acceptors (Lipinski definition) is 0. The van der Waals surface area contributed by atoms with Gasteiger partial charge in [0.25, 0.3) is 0 Å². The Morgan fingerprint density at radius 1 is 0.533 bits per heavy atom. The zero-order chi connectivity index (χ0) is 18.9. The van der Waals surface area contributed by atoms with Crippen molar-refractivity contribution in [3.8, 4) is 0 Å². The van der Waals surface area contributed by atoms with Gasteiger partial charge in [-0.2, -0.15) is 33.3 Å². The SMILES string of the molecule is C[Si](C)(C)c1c[cH-]c2ccccc12.C[Si](C)(C)c1c[cH-]c2ccccc12.[Cl-].[Cl-].[Zr+2].[Zr+2]. The Bertz CT molecular complexity index is 941. The summed E-state index contributed by atoms with van der Waals surface area (Å²) in [6.07, 6.45) is 0. The van der Waals surface area contributed by atoms with Gasteiger partial charge in [-0.3, -0.25) is 0 Å². The molecule has 30 heavy (non-hydrogen) atoms. The van der Waals surface area contributed by atoms with E-state index in [9.17, 15) is 0 Å². The van der Waals surface area contributed by atoms with Gasteiger partial charge in [0.1, 0.15) is 0 Å². The molecule has 0 saturated heterocycles. The number of fused-ring (bicyclic) bond motifs is 2. The second kappa shape index (κ2) is 13.2. The molecule has 0 aliphatic heterocycles. The largest absolute Gasteiger partial charge is 2.00 e. The van der Waals surface area contributed by atoms with Gasteiger partial charge in [-0.1, -0.05) is 51.4 Å². The molecular weight excluding hydrogens is 598 g/mol. The molecule has 0 saturated carbocycles. The van der Waals surface area contributed by atoms with E-state index >= 15 is 0 Å². The van der Waals surface area contributed by atoms with Crippen molar-refractivity contribution in [1.82, 2.24) is 0 Å². The van der Waals surface area contributed by atoms with Crippen molar-refractivity contribution in [3.05, 3.63) is 72.8 Å². The number of halogens is 2. The third kappa shape index (κ3) is 7.79. The Morgan fingerprint density at radius 3 is 1.13 bits per heavy atom. The molecular formula is C24H30Cl2Si2Zr2. The summed E-state index contributed by atoms with van der Waals surface area (Å²) >= 11 is 0. The van der Waals surface area contributed by atoms with Crippen LogP contribution in [0.2, 0.25) is 39.3 Å². The Labute approximate surface area is 235 Å². The van der Waals surface area contributed by atoms with Gasteiger partial charge in [-0.25, -0.2) is 0 Å². The molecule has 4 rings (SSSR count). The van der Waals surface area contributed by atoms with Crippen LogP contribution in [0.15, 0.2) is 72.8 Å². The molecule has 0 amide bonds. The van der Waals surface area contributed by atoms with E-state index in [0.29, 0.717) is 0 Å². The van der Waals surface area contributed by atoms with Gasteiger partial charge in [-0.15, -0.1) is 59.3 Å². The van der Waals surface area contributed by atoms with E-state index in [1.807, 2.05) is 0 Å². The molecule has 6 heteroatoms. The minimum absolute atomic E-state index is 0. The zero-order valence-electron chi connectivity index (χ0n) is 18.7. The Kier molecular flexibility index (Phi) is 14.4. The van der Waals surface area contributed by atoms with Gasteiger partial charge in [0.05, 0.1) is 0 Å². The smallest absolute Gasteiger partial charge is 1.00 e. The van der Waals surface area contributed by atoms with Crippen LogP contribution in [-0.4, -0.2) is 16.1 Å². The molecule has 0 spiro atoms. The quantitative estimate of drug-likeness (QED) is 0.220. The van der Waals surface area contributed by atoms with Gasteiger partial charge < -0.3 is 24.8 Å². The molecule has 0 aliphatic rings. The number of hydrogen-bond donors (Lipinski definition) is 0. The molecule has 0 aliphatic carbocycles. The first-order chi connectivity index (χ1) is 12.2. The van der Waals surface area contributed by atoms with Crippen molar-refractivity contribution >= 4 is 48.1 Å². The fraction of sp³-hybridized carbons (Fsp3) is 0.250. The summed E-state index contributed by atoms with van der Waals surface area (Å²) < 4.78 is 0. The Hall–Kier alpha value is 0.440. The second-order valence-electron chi connectivity index (χ2n) is 9.17. The molecule has 4 aromatic carbocycles. The first-order valence-corrected chi connectivity index (χ1v) is 16.5.